The van der Waals surface area contributed by atoms with Crippen LogP contribution in [0.4, 0.5) is 0 Å². The van der Waals surface area contributed by atoms with E-state index < -0.39 is 11.6 Å². The van der Waals surface area contributed by atoms with Crippen LogP contribution in [0.3, 0.4) is 0 Å². The van der Waals surface area contributed by atoms with Crippen LogP contribution < -0.4 is 10.6 Å². The lowest BCUT2D eigenvalue weighted by Crippen LogP contribution is -2.55. The highest BCUT2D eigenvalue weighted by molar-refractivity contribution is 5.81. The number of amides is 1. The van der Waals surface area contributed by atoms with E-state index in [1.807, 2.05) is 0 Å². The topological polar surface area (TPSA) is 61.4 Å². The summed E-state index contributed by atoms with van der Waals surface area (Å²) in [6, 6.07) is -0.238. The number of nitrogens with one attached hydrogen (secondary N) is 2. The maximum absolute atomic E-state index is 11.4. The molecule has 0 aromatic carbocycles. The Morgan fingerprint density at radius 3 is 2.15 bits per heavy atom. The zero-order valence-corrected chi connectivity index (χ0v) is 9.01. The van der Waals surface area contributed by atoms with E-state index in [4.69, 9.17) is 0 Å². The van der Waals surface area contributed by atoms with E-state index in [1.54, 1.807) is 34.7 Å². The lowest BCUT2D eigenvalue weighted by atomic mass is 9.98. The van der Waals surface area contributed by atoms with E-state index in [2.05, 4.69) is 10.6 Å². The fraction of sp³-hybridized carbons (Fsp3) is 0.889. The predicted molar refractivity (Wildman–Crippen MR) is 52.4 cm³/mol. The molecular formula is C9H20N2O2. The van der Waals surface area contributed by atoms with E-state index in [-0.39, 0.29) is 11.9 Å². The molecule has 0 radical (unpaired) electrons. The number of aliphatic hydroxyl groups excluding tert-OH is 1. The van der Waals surface area contributed by atoms with Crippen LogP contribution in [0.25, 0.3) is 0 Å². The Hall–Kier alpha value is -0.610. The quantitative estimate of drug-likeness (QED) is 0.576. The fourth-order valence-electron chi connectivity index (χ4n) is 0.661. The van der Waals surface area contributed by atoms with Crippen molar-refractivity contribution in [1.29, 1.82) is 0 Å². The summed E-state index contributed by atoms with van der Waals surface area (Å²) >= 11 is 0. The number of hydrogen-bond donors (Lipinski definition) is 3. The van der Waals surface area contributed by atoms with Gasteiger partial charge in [-0.1, -0.05) is 0 Å². The summed E-state index contributed by atoms with van der Waals surface area (Å²) < 4.78 is 0. The van der Waals surface area contributed by atoms with Gasteiger partial charge in [-0.25, -0.2) is 0 Å². The molecule has 0 saturated carbocycles. The lowest BCUT2D eigenvalue weighted by molar-refractivity contribution is -0.125. The third kappa shape index (κ3) is 3.74. The van der Waals surface area contributed by atoms with E-state index in [1.165, 1.54) is 0 Å². The van der Waals surface area contributed by atoms with Gasteiger partial charge in [0.1, 0.15) is 0 Å². The van der Waals surface area contributed by atoms with Gasteiger partial charge < -0.3 is 15.7 Å². The summed E-state index contributed by atoms with van der Waals surface area (Å²) in [4.78, 5) is 11.4. The Kier molecular flexibility index (Phi) is 4.36. The van der Waals surface area contributed by atoms with Gasteiger partial charge in [-0.2, -0.15) is 0 Å². The van der Waals surface area contributed by atoms with Gasteiger partial charge in [-0.3, -0.25) is 4.79 Å². The molecule has 1 amide bonds. The first kappa shape index (κ1) is 12.4. The lowest BCUT2D eigenvalue weighted by Gasteiger charge is -2.30. The molecular weight excluding hydrogens is 168 g/mol. The standard InChI is InChI=1S/C9H20N2O2/c1-6(10-5)8(13)11-9(3,4)7(2)12/h6-7,10,12H,1-5H3,(H,11,13). The minimum absolute atomic E-state index is 0.103. The zero-order valence-electron chi connectivity index (χ0n) is 9.01. The van der Waals surface area contributed by atoms with Gasteiger partial charge >= 0.3 is 0 Å². The van der Waals surface area contributed by atoms with Crippen LogP contribution in [0, 0.1) is 0 Å². The minimum atomic E-state index is -0.581. The molecule has 4 heteroatoms. The normalized spacial score (nSPS) is 16.5. The number of rotatable bonds is 4. The number of carbonyl (C=O) groups is 1. The van der Waals surface area contributed by atoms with Crippen LogP contribution in [0.5, 0.6) is 0 Å². The smallest absolute Gasteiger partial charge is 0.237 e. The Bertz CT molecular complexity index is 178. The first-order chi connectivity index (χ1) is 5.81. The second kappa shape index (κ2) is 4.58. The van der Waals surface area contributed by atoms with Crippen molar-refractivity contribution in [2.45, 2.75) is 45.4 Å². The van der Waals surface area contributed by atoms with Gasteiger partial charge in [-0.15, -0.1) is 0 Å². The van der Waals surface area contributed by atoms with Gasteiger partial charge in [0.05, 0.1) is 17.7 Å². The van der Waals surface area contributed by atoms with Crippen molar-refractivity contribution in [3.8, 4) is 0 Å². The average molecular weight is 188 g/mol. The van der Waals surface area contributed by atoms with Gasteiger partial charge in [0.25, 0.3) is 0 Å². The summed E-state index contributed by atoms with van der Waals surface area (Å²) in [5.74, 6) is -0.103. The molecule has 0 spiro atoms. The number of hydrogen-bond acceptors (Lipinski definition) is 3. The van der Waals surface area contributed by atoms with Crippen molar-refractivity contribution < 1.29 is 9.90 Å². The highest BCUT2D eigenvalue weighted by Gasteiger charge is 2.27. The van der Waals surface area contributed by atoms with Crippen molar-refractivity contribution in [3.05, 3.63) is 0 Å². The summed E-state index contributed by atoms with van der Waals surface area (Å²) in [5.41, 5.74) is -0.581. The largest absolute Gasteiger partial charge is 0.391 e. The first-order valence-corrected chi connectivity index (χ1v) is 4.48. The fourth-order valence-corrected chi connectivity index (χ4v) is 0.661. The summed E-state index contributed by atoms with van der Waals surface area (Å²) in [5, 5.41) is 14.9. The summed E-state index contributed by atoms with van der Waals surface area (Å²) in [7, 11) is 1.72. The van der Waals surface area contributed by atoms with E-state index >= 15 is 0 Å². The minimum Gasteiger partial charge on any atom is -0.391 e. The van der Waals surface area contributed by atoms with Crippen LogP contribution in [0.15, 0.2) is 0 Å². The average Bonchev–Trinajstić information content (AvgIpc) is 2.01. The molecule has 2 atom stereocenters. The van der Waals surface area contributed by atoms with E-state index in [9.17, 15) is 9.90 Å². The molecule has 0 aliphatic heterocycles. The zero-order chi connectivity index (χ0) is 10.6. The highest BCUT2D eigenvalue weighted by Crippen LogP contribution is 2.08. The van der Waals surface area contributed by atoms with Crippen molar-refractivity contribution >= 4 is 5.91 Å². The Morgan fingerprint density at radius 1 is 1.38 bits per heavy atom. The highest BCUT2D eigenvalue weighted by atomic mass is 16.3. The van der Waals surface area contributed by atoms with E-state index in [0.717, 1.165) is 0 Å². The van der Waals surface area contributed by atoms with Crippen LogP contribution in [0.2, 0.25) is 0 Å². The summed E-state index contributed by atoms with van der Waals surface area (Å²) in [6.07, 6.45) is -0.569. The third-order valence-electron chi connectivity index (χ3n) is 2.32. The van der Waals surface area contributed by atoms with Crippen molar-refractivity contribution in [1.82, 2.24) is 10.6 Å². The van der Waals surface area contributed by atoms with Crippen molar-refractivity contribution in [2.24, 2.45) is 0 Å². The third-order valence-corrected chi connectivity index (χ3v) is 2.32. The molecule has 78 valence electrons. The summed E-state index contributed by atoms with van der Waals surface area (Å²) in [6.45, 7) is 7.01. The Labute approximate surface area is 79.7 Å². The van der Waals surface area contributed by atoms with Crippen LogP contribution in [-0.2, 0) is 4.79 Å². The molecule has 0 bridgehead atoms. The van der Waals surface area contributed by atoms with Crippen LogP contribution >= 0.6 is 0 Å². The molecule has 4 nitrogen and oxygen atoms in total. The molecule has 0 aliphatic carbocycles. The van der Waals surface area contributed by atoms with E-state index in [0.29, 0.717) is 0 Å². The molecule has 0 heterocycles. The molecule has 0 aromatic heterocycles. The van der Waals surface area contributed by atoms with Gasteiger partial charge in [-0.05, 0) is 34.7 Å². The number of likely N-dealkylation sites (N-methyl/N-ethyl adjacent to an activating group) is 1. The SMILES string of the molecule is CNC(C)C(=O)NC(C)(C)C(C)O. The number of carbonyl (C=O) groups excluding carboxylic acids is 1. The van der Waals surface area contributed by atoms with Gasteiger partial charge in [0, 0.05) is 0 Å². The molecule has 3 N–H and O–H groups in total. The Morgan fingerprint density at radius 2 is 1.85 bits per heavy atom. The second-order valence-corrected chi connectivity index (χ2v) is 3.90. The van der Waals surface area contributed by atoms with Crippen molar-refractivity contribution in [3.63, 3.8) is 0 Å². The van der Waals surface area contributed by atoms with Gasteiger partial charge in [0.15, 0.2) is 0 Å². The molecule has 13 heavy (non-hydrogen) atoms. The molecule has 0 rings (SSSR count). The predicted octanol–water partition coefficient (Wildman–Crippen LogP) is -0.130. The maximum Gasteiger partial charge on any atom is 0.237 e. The Balaban J connectivity index is 4.19. The number of aliphatic hydroxyl groups is 1. The first-order valence-electron chi connectivity index (χ1n) is 4.48. The molecule has 2 unspecified atom stereocenters. The van der Waals surface area contributed by atoms with Crippen LogP contribution in [0.1, 0.15) is 27.7 Å². The molecule has 0 aromatic rings. The van der Waals surface area contributed by atoms with Crippen LogP contribution in [-0.4, -0.2) is 35.7 Å². The molecule has 0 aliphatic rings. The van der Waals surface area contributed by atoms with Gasteiger partial charge in [0.2, 0.25) is 5.91 Å². The maximum atomic E-state index is 11.4. The molecule has 0 saturated heterocycles. The van der Waals surface area contributed by atoms with Crippen molar-refractivity contribution in [2.75, 3.05) is 7.05 Å². The molecule has 0 fully saturated rings. The second-order valence-electron chi connectivity index (χ2n) is 3.90. The monoisotopic (exact) mass is 188 g/mol.